The lowest BCUT2D eigenvalue weighted by Gasteiger charge is -2.09. The Hall–Kier alpha value is -5.95. The third-order valence-electron chi connectivity index (χ3n) is 10.8. The van der Waals surface area contributed by atoms with Gasteiger partial charge in [0.25, 0.3) is 11.4 Å². The Labute approximate surface area is 569 Å². The van der Waals surface area contributed by atoms with E-state index in [1.165, 1.54) is 48.5 Å². The van der Waals surface area contributed by atoms with Crippen LogP contribution >= 0.6 is 11.6 Å². The largest absolute Gasteiger partial charge is 0.414 e. The zero-order valence-electron chi connectivity index (χ0n) is 55.2. The van der Waals surface area contributed by atoms with Crippen LogP contribution in [-0.4, -0.2) is 312 Å². The molecule has 3 N–H and O–H groups in total. The number of azide groups is 2. The first-order valence-corrected chi connectivity index (χ1v) is 31.6. The lowest BCUT2D eigenvalue weighted by molar-refractivity contribution is -0.385. The summed E-state index contributed by atoms with van der Waals surface area (Å²) in [5, 5.41) is 30.1. The molecule has 0 saturated carbocycles. The molecular weight excluding hydrogens is 1320 g/mol. The summed E-state index contributed by atoms with van der Waals surface area (Å²) in [6.45, 7) is 20.3. The van der Waals surface area contributed by atoms with E-state index in [-0.39, 0.29) is 36.0 Å². The van der Waals surface area contributed by atoms with Gasteiger partial charge in [0.1, 0.15) is 11.5 Å². The summed E-state index contributed by atoms with van der Waals surface area (Å²) in [6, 6.07) is 10.2. The van der Waals surface area contributed by atoms with Gasteiger partial charge in [0.05, 0.1) is 274 Å². The molecule has 39 heteroatoms. The Kier molecular flexibility index (Phi) is 71.2. The fourth-order valence-electron chi connectivity index (χ4n) is 6.28. The number of hydrogen-bond donors (Lipinski definition) is 2. The minimum atomic E-state index is -0.978. The van der Waals surface area contributed by atoms with Crippen LogP contribution in [0, 0.1) is 20.2 Å². The lowest BCUT2D eigenvalue weighted by Crippen LogP contribution is -2.30. The van der Waals surface area contributed by atoms with E-state index in [4.69, 9.17) is 128 Å². The first-order valence-electron chi connectivity index (χ1n) is 31.2. The van der Waals surface area contributed by atoms with E-state index in [0.29, 0.717) is 277 Å². The maximum Gasteiger partial charge on any atom is 0.412 e. The van der Waals surface area contributed by atoms with Gasteiger partial charge in [-0.15, -0.1) is 0 Å². The molecular formula is C58H99ClN10O28. The van der Waals surface area contributed by atoms with Crippen molar-refractivity contribution in [2.75, 3.05) is 290 Å². The number of hydrogen-bond acceptors (Lipinski definition) is 31. The number of carbonyl (C=O) groups excluding carboxylic acids is 2. The molecule has 0 spiro atoms. The molecule has 0 aliphatic carbocycles. The quantitative estimate of drug-likeness (QED) is 0.0169. The van der Waals surface area contributed by atoms with Crippen molar-refractivity contribution in [2.45, 2.75) is 0 Å². The number of benzene rings is 2. The van der Waals surface area contributed by atoms with E-state index < -0.39 is 21.4 Å². The molecule has 2 rings (SSSR count). The number of nitrogens with two attached hydrogens (primary N) is 1. The Morgan fingerprint density at radius 1 is 0.361 bits per heavy atom. The van der Waals surface area contributed by atoms with Crippen LogP contribution in [0.25, 0.3) is 20.9 Å². The van der Waals surface area contributed by atoms with Crippen molar-refractivity contribution in [3.63, 3.8) is 0 Å². The first-order chi connectivity index (χ1) is 47.6. The molecule has 0 radical (unpaired) electrons. The number of nitro benzene ring substituents is 2. The first kappa shape index (κ1) is 91.1. The van der Waals surface area contributed by atoms with Crippen LogP contribution in [0.4, 0.5) is 21.0 Å². The summed E-state index contributed by atoms with van der Waals surface area (Å²) in [4.78, 5) is 47.0. The smallest absolute Gasteiger partial charge is 0.412 e. The van der Waals surface area contributed by atoms with Gasteiger partial charge in [-0.2, -0.15) is 0 Å². The number of non-ortho nitro benzene ring substituents is 2. The molecule has 1 amide bonds. The van der Waals surface area contributed by atoms with Gasteiger partial charge in [-0.1, -0.05) is 10.2 Å². The van der Waals surface area contributed by atoms with Crippen LogP contribution in [0.2, 0.25) is 0 Å². The highest BCUT2D eigenvalue weighted by Gasteiger charge is 2.09. The standard InChI is InChI=1S/C29H49N5O14.C22H46N4O10.C7H4ClNO4/c30-33-32-6-8-39-10-12-41-14-16-43-18-20-45-22-24-47-26-25-46-23-21-44-19-17-42-15-13-40-11-9-38-7-5-31-29(35)48-28-3-1-27(2-4-28)34(36)37;23-1-3-27-5-7-29-9-11-31-13-15-33-17-19-35-21-22-36-20-18-34-16-14-32-12-10-30-8-6-28-4-2-25-26-24;8-7(10)13-6-3-1-5(2-4-6)9(11)12/h1-4H,5-26H2,(H,31,35);1-23H2;1-4H. The molecule has 0 aromatic heterocycles. The molecule has 38 nitrogen and oxygen atoms in total. The zero-order chi connectivity index (χ0) is 70.5. The second-order valence-corrected chi connectivity index (χ2v) is 18.4. The minimum absolute atomic E-state index is 0.0747. The Morgan fingerprint density at radius 2 is 0.567 bits per heavy atom. The fourth-order valence-corrected chi connectivity index (χ4v) is 6.37. The van der Waals surface area contributed by atoms with Gasteiger partial charge < -0.3 is 115 Å². The van der Waals surface area contributed by atoms with Gasteiger partial charge in [-0.05, 0) is 35.3 Å². The van der Waals surface area contributed by atoms with Crippen LogP contribution in [0.5, 0.6) is 11.5 Å². The van der Waals surface area contributed by atoms with E-state index in [1.54, 1.807) is 0 Å². The number of amides is 1. The molecule has 97 heavy (non-hydrogen) atoms. The molecule has 0 unspecified atom stereocenters. The monoisotopic (exact) mass is 1420 g/mol. The summed E-state index contributed by atoms with van der Waals surface area (Å²) in [5.41, 5.74) is 20.4. The van der Waals surface area contributed by atoms with Crippen molar-refractivity contribution < 1.29 is 124 Å². The predicted octanol–water partition coefficient (Wildman–Crippen LogP) is 4.91. The van der Waals surface area contributed by atoms with E-state index in [2.05, 4.69) is 30.1 Å². The van der Waals surface area contributed by atoms with E-state index in [1.807, 2.05) is 0 Å². The number of nitrogens with one attached hydrogen (secondary N) is 1. The highest BCUT2D eigenvalue weighted by atomic mass is 35.5. The SMILES string of the molecule is O=C(Cl)Oc1ccc([N+](=O)[O-])cc1.[N-]=[N+]=NCCOCCOCCOCCOCCOCCOCCOCCOCCOCCOCCN.[N-]=[N+]=NCCOCCOCCOCCOCCOCCOCCOCCOCCOCCOCCNC(=O)Oc1ccc([N+](=O)[O-])cc1. The molecule has 2 aromatic rings. The van der Waals surface area contributed by atoms with Crippen molar-refractivity contribution in [1.82, 2.24) is 5.32 Å². The zero-order valence-corrected chi connectivity index (χ0v) is 56.0. The molecule has 2 aromatic carbocycles. The number of nitro groups is 2. The van der Waals surface area contributed by atoms with Crippen molar-refractivity contribution in [3.8, 4) is 11.5 Å². The maximum atomic E-state index is 11.7. The minimum Gasteiger partial charge on any atom is -0.414 e. The average Bonchev–Trinajstić information content (AvgIpc) is 1.24. The Balaban J connectivity index is 0.00000164. The number of nitrogens with zero attached hydrogens (tertiary/aromatic N) is 8. The van der Waals surface area contributed by atoms with Gasteiger partial charge in [-0.3, -0.25) is 20.2 Å². The van der Waals surface area contributed by atoms with Crippen LogP contribution < -0.4 is 20.5 Å². The van der Waals surface area contributed by atoms with Gasteiger partial charge >= 0.3 is 11.5 Å². The van der Waals surface area contributed by atoms with Gasteiger partial charge in [-0.25, -0.2) is 9.59 Å². The van der Waals surface area contributed by atoms with E-state index in [9.17, 15) is 29.8 Å². The normalized spacial score (nSPS) is 10.8. The summed E-state index contributed by atoms with van der Waals surface area (Å²) < 4.78 is 117. The molecule has 0 saturated heterocycles. The highest BCUT2D eigenvalue weighted by Crippen LogP contribution is 2.18. The van der Waals surface area contributed by atoms with Crippen molar-refractivity contribution in [2.24, 2.45) is 16.0 Å². The van der Waals surface area contributed by atoms with Crippen LogP contribution in [0.1, 0.15) is 0 Å². The fraction of sp³-hybridized carbons (Fsp3) is 0.759. The Morgan fingerprint density at radius 3 is 0.773 bits per heavy atom. The maximum absolute atomic E-state index is 11.7. The summed E-state index contributed by atoms with van der Waals surface area (Å²) >= 11 is 4.92. The third kappa shape index (κ3) is 71.2. The second kappa shape index (κ2) is 75.8. The topological polar surface area (TPSA) is 459 Å². The number of rotatable bonds is 69. The van der Waals surface area contributed by atoms with E-state index in [0.717, 1.165) is 0 Å². The summed E-state index contributed by atoms with van der Waals surface area (Å²) in [7, 11) is 0. The number of ether oxygens (including phenoxy) is 22. The molecule has 0 heterocycles. The van der Waals surface area contributed by atoms with Gasteiger partial charge in [0, 0.05) is 71.9 Å². The van der Waals surface area contributed by atoms with Crippen LogP contribution in [0.15, 0.2) is 58.8 Å². The summed E-state index contributed by atoms with van der Waals surface area (Å²) in [6.07, 6.45) is -0.680. The van der Waals surface area contributed by atoms with Gasteiger partial charge in [0.2, 0.25) is 0 Å². The molecule has 0 atom stereocenters. The summed E-state index contributed by atoms with van der Waals surface area (Å²) in [5.74, 6) is 0.372. The second-order valence-electron chi connectivity index (χ2n) is 18.1. The number of carbonyl (C=O) groups is 2. The Bertz CT molecular complexity index is 2210. The van der Waals surface area contributed by atoms with Crippen molar-refractivity contribution >= 4 is 34.5 Å². The molecule has 0 aliphatic rings. The molecule has 0 aliphatic heterocycles. The third-order valence-corrected chi connectivity index (χ3v) is 10.9. The van der Waals surface area contributed by atoms with E-state index >= 15 is 0 Å². The average molecular weight is 1420 g/mol. The van der Waals surface area contributed by atoms with Crippen LogP contribution in [0.3, 0.4) is 0 Å². The predicted molar refractivity (Wildman–Crippen MR) is 346 cm³/mol. The highest BCUT2D eigenvalue weighted by molar-refractivity contribution is 6.61. The van der Waals surface area contributed by atoms with Crippen molar-refractivity contribution in [3.05, 3.63) is 89.6 Å². The molecule has 0 bridgehead atoms. The molecule has 556 valence electrons. The molecule has 0 fully saturated rings. The van der Waals surface area contributed by atoms with Crippen molar-refractivity contribution in [1.29, 1.82) is 0 Å². The van der Waals surface area contributed by atoms with Gasteiger partial charge in [0.15, 0.2) is 0 Å². The number of halogens is 1. The lowest BCUT2D eigenvalue weighted by atomic mass is 10.3. The van der Waals surface area contributed by atoms with Crippen LogP contribution in [-0.2, 0) is 94.7 Å².